The predicted molar refractivity (Wildman–Crippen MR) is 59.5 cm³/mol. The average Bonchev–Trinajstić information content (AvgIpc) is 2.78. The van der Waals surface area contributed by atoms with Crippen molar-refractivity contribution in [3.63, 3.8) is 0 Å². The van der Waals surface area contributed by atoms with Gasteiger partial charge in [0.15, 0.2) is 0 Å². The molecule has 0 atom stereocenters. The van der Waals surface area contributed by atoms with E-state index in [4.69, 9.17) is 5.73 Å². The normalized spacial score (nSPS) is 18.7. The fourth-order valence-corrected chi connectivity index (χ4v) is 2.90. The van der Waals surface area contributed by atoms with Crippen LogP contribution < -0.4 is 5.73 Å². The Kier molecular flexibility index (Phi) is 1.53. The standard InChI is InChI=1S/C11H12N2S/c1-7-13-9-4-2-3-8(10(9)14-7)11(12)5-6-11/h2-4H,5-6,12H2,1H3. The summed E-state index contributed by atoms with van der Waals surface area (Å²) in [4.78, 5) is 4.48. The van der Waals surface area contributed by atoms with Gasteiger partial charge in [-0.05, 0) is 31.4 Å². The van der Waals surface area contributed by atoms with Crippen molar-refractivity contribution in [3.05, 3.63) is 28.8 Å². The van der Waals surface area contributed by atoms with Crippen molar-refractivity contribution in [2.45, 2.75) is 25.3 Å². The van der Waals surface area contributed by atoms with Crippen LogP contribution in [0.4, 0.5) is 0 Å². The SMILES string of the molecule is Cc1nc2cccc(C3(N)CC3)c2s1. The molecule has 1 aromatic heterocycles. The van der Waals surface area contributed by atoms with Crippen molar-refractivity contribution in [3.8, 4) is 0 Å². The molecule has 0 bridgehead atoms. The minimum Gasteiger partial charge on any atom is -0.321 e. The average molecular weight is 204 g/mol. The minimum atomic E-state index is -0.0432. The molecule has 1 saturated carbocycles. The Labute approximate surface area is 86.8 Å². The quantitative estimate of drug-likeness (QED) is 0.775. The Hall–Kier alpha value is -0.930. The molecule has 1 fully saturated rings. The number of hydrogen-bond acceptors (Lipinski definition) is 3. The monoisotopic (exact) mass is 204 g/mol. The van der Waals surface area contributed by atoms with E-state index in [2.05, 4.69) is 23.2 Å². The molecule has 3 heteroatoms. The molecular weight excluding hydrogens is 192 g/mol. The number of aryl methyl sites for hydroxylation is 1. The molecule has 1 aliphatic carbocycles. The number of thiazole rings is 1. The molecule has 0 amide bonds. The molecule has 1 aliphatic rings. The zero-order chi connectivity index (χ0) is 9.76. The molecule has 1 heterocycles. The van der Waals surface area contributed by atoms with Gasteiger partial charge in [-0.15, -0.1) is 11.3 Å². The maximum atomic E-state index is 6.22. The highest BCUT2D eigenvalue weighted by Crippen LogP contribution is 2.46. The van der Waals surface area contributed by atoms with E-state index in [0.29, 0.717) is 0 Å². The van der Waals surface area contributed by atoms with Crippen LogP contribution in [0.25, 0.3) is 10.2 Å². The molecule has 3 rings (SSSR count). The van der Waals surface area contributed by atoms with Crippen LogP contribution in [0.1, 0.15) is 23.4 Å². The molecule has 2 N–H and O–H groups in total. The number of fused-ring (bicyclic) bond motifs is 1. The van der Waals surface area contributed by atoms with E-state index in [1.807, 2.05) is 6.92 Å². The molecule has 72 valence electrons. The minimum absolute atomic E-state index is 0.0432. The summed E-state index contributed by atoms with van der Waals surface area (Å²) >= 11 is 1.75. The van der Waals surface area contributed by atoms with Crippen LogP contribution >= 0.6 is 11.3 Å². The topological polar surface area (TPSA) is 38.9 Å². The summed E-state index contributed by atoms with van der Waals surface area (Å²) < 4.78 is 1.28. The summed E-state index contributed by atoms with van der Waals surface area (Å²) in [6.07, 6.45) is 2.23. The molecule has 2 nitrogen and oxygen atoms in total. The summed E-state index contributed by atoms with van der Waals surface area (Å²) in [7, 11) is 0. The number of hydrogen-bond donors (Lipinski definition) is 1. The highest BCUT2D eigenvalue weighted by Gasteiger charge is 2.41. The van der Waals surface area contributed by atoms with Gasteiger partial charge in [0.05, 0.1) is 15.2 Å². The lowest BCUT2D eigenvalue weighted by Crippen LogP contribution is -2.18. The lowest BCUT2D eigenvalue weighted by molar-refractivity contribution is 0.749. The first kappa shape index (κ1) is 8.38. The Bertz CT molecular complexity index is 497. The molecule has 0 spiro atoms. The van der Waals surface area contributed by atoms with Gasteiger partial charge in [-0.25, -0.2) is 4.98 Å². The van der Waals surface area contributed by atoms with Gasteiger partial charge in [-0.1, -0.05) is 12.1 Å². The second-order valence-electron chi connectivity index (χ2n) is 4.04. The number of nitrogens with two attached hydrogens (primary N) is 1. The Morgan fingerprint density at radius 1 is 1.43 bits per heavy atom. The second kappa shape index (κ2) is 2.55. The summed E-state index contributed by atoms with van der Waals surface area (Å²) in [5.74, 6) is 0. The number of rotatable bonds is 1. The maximum Gasteiger partial charge on any atom is 0.0907 e. The van der Waals surface area contributed by atoms with Gasteiger partial charge >= 0.3 is 0 Å². The fourth-order valence-electron chi connectivity index (χ4n) is 1.86. The van der Waals surface area contributed by atoms with Gasteiger partial charge in [0.1, 0.15) is 0 Å². The molecule has 0 unspecified atom stereocenters. The van der Waals surface area contributed by atoms with E-state index >= 15 is 0 Å². The van der Waals surface area contributed by atoms with Gasteiger partial charge in [0.2, 0.25) is 0 Å². The lowest BCUT2D eigenvalue weighted by Gasteiger charge is -2.08. The fraction of sp³-hybridized carbons (Fsp3) is 0.364. The van der Waals surface area contributed by atoms with Gasteiger partial charge in [0, 0.05) is 5.54 Å². The van der Waals surface area contributed by atoms with Crippen molar-refractivity contribution >= 4 is 21.6 Å². The van der Waals surface area contributed by atoms with Crippen molar-refractivity contribution in [2.24, 2.45) is 5.73 Å². The van der Waals surface area contributed by atoms with E-state index in [-0.39, 0.29) is 5.54 Å². The lowest BCUT2D eigenvalue weighted by atomic mass is 10.1. The van der Waals surface area contributed by atoms with E-state index in [1.54, 1.807) is 11.3 Å². The van der Waals surface area contributed by atoms with Gasteiger partial charge in [0.25, 0.3) is 0 Å². The van der Waals surface area contributed by atoms with E-state index in [9.17, 15) is 0 Å². The van der Waals surface area contributed by atoms with Crippen LogP contribution in [-0.2, 0) is 5.54 Å². The smallest absolute Gasteiger partial charge is 0.0907 e. The van der Waals surface area contributed by atoms with Crippen LogP contribution in [0.2, 0.25) is 0 Å². The van der Waals surface area contributed by atoms with Crippen LogP contribution in [0, 0.1) is 6.92 Å². The van der Waals surface area contributed by atoms with Gasteiger partial charge < -0.3 is 5.73 Å². The third-order valence-electron chi connectivity index (χ3n) is 2.85. The van der Waals surface area contributed by atoms with Crippen molar-refractivity contribution < 1.29 is 0 Å². The molecule has 2 aromatic rings. The summed E-state index contributed by atoms with van der Waals surface area (Å²) in [5, 5.41) is 1.12. The van der Waals surface area contributed by atoms with Crippen LogP contribution in [-0.4, -0.2) is 4.98 Å². The molecule has 0 aliphatic heterocycles. The van der Waals surface area contributed by atoms with E-state index < -0.39 is 0 Å². The maximum absolute atomic E-state index is 6.22. The zero-order valence-corrected chi connectivity index (χ0v) is 8.90. The zero-order valence-electron chi connectivity index (χ0n) is 8.08. The first-order chi connectivity index (χ1) is 6.69. The Morgan fingerprint density at radius 2 is 2.21 bits per heavy atom. The third kappa shape index (κ3) is 1.09. The summed E-state index contributed by atoms with van der Waals surface area (Å²) in [6.45, 7) is 2.05. The second-order valence-corrected chi connectivity index (χ2v) is 5.25. The van der Waals surface area contributed by atoms with Crippen LogP contribution in [0.5, 0.6) is 0 Å². The Morgan fingerprint density at radius 3 is 2.93 bits per heavy atom. The molecule has 0 saturated heterocycles. The first-order valence-corrected chi connectivity index (χ1v) is 5.66. The molecule has 1 aromatic carbocycles. The highest BCUT2D eigenvalue weighted by molar-refractivity contribution is 7.18. The number of benzene rings is 1. The van der Waals surface area contributed by atoms with Crippen molar-refractivity contribution in [1.29, 1.82) is 0 Å². The highest BCUT2D eigenvalue weighted by atomic mass is 32.1. The number of aromatic nitrogens is 1. The predicted octanol–water partition coefficient (Wildman–Crippen LogP) is 2.55. The van der Waals surface area contributed by atoms with Gasteiger partial charge in [-0.3, -0.25) is 0 Å². The van der Waals surface area contributed by atoms with Crippen molar-refractivity contribution in [2.75, 3.05) is 0 Å². The molecule has 14 heavy (non-hydrogen) atoms. The van der Waals surface area contributed by atoms with E-state index in [0.717, 1.165) is 23.4 Å². The number of nitrogens with zero attached hydrogens (tertiary/aromatic N) is 1. The largest absolute Gasteiger partial charge is 0.321 e. The molecule has 0 radical (unpaired) electrons. The van der Waals surface area contributed by atoms with Crippen LogP contribution in [0.3, 0.4) is 0 Å². The summed E-state index contributed by atoms with van der Waals surface area (Å²) in [6, 6.07) is 6.27. The summed E-state index contributed by atoms with van der Waals surface area (Å²) in [5.41, 5.74) is 8.57. The van der Waals surface area contributed by atoms with Crippen LogP contribution in [0.15, 0.2) is 18.2 Å². The Balaban J connectivity index is 2.32. The van der Waals surface area contributed by atoms with Crippen molar-refractivity contribution in [1.82, 2.24) is 4.98 Å². The molecular formula is C11H12N2S. The first-order valence-electron chi connectivity index (χ1n) is 4.85. The third-order valence-corrected chi connectivity index (χ3v) is 3.87. The van der Waals surface area contributed by atoms with Gasteiger partial charge in [-0.2, -0.15) is 0 Å². The van der Waals surface area contributed by atoms with E-state index in [1.165, 1.54) is 10.3 Å².